The fraction of sp³-hybridized carbons (Fsp3) is 0.111. The molecule has 1 N–H and O–H groups in total. The number of anilines is 1. The molecule has 2 aromatic rings. The number of ether oxygens (including phenoxy) is 1. The maximum atomic E-state index is 12.7. The number of amides is 1. The van der Waals surface area contributed by atoms with Gasteiger partial charge in [0.15, 0.2) is 11.6 Å². The molecule has 0 heterocycles. The molecular weight excluding hydrogens is 310 g/mol. The minimum absolute atomic E-state index is 0.0595. The fourth-order valence-electron chi connectivity index (χ4n) is 2.62. The van der Waals surface area contributed by atoms with E-state index in [9.17, 15) is 19.2 Å². The molecule has 120 valence electrons. The van der Waals surface area contributed by atoms with E-state index in [0.29, 0.717) is 5.56 Å². The Kier molecular flexibility index (Phi) is 3.95. The first-order chi connectivity index (χ1) is 11.5. The molecule has 1 amide bonds. The molecule has 3 rings (SSSR count). The first-order valence-electron chi connectivity index (χ1n) is 7.34. The van der Waals surface area contributed by atoms with E-state index < -0.39 is 11.9 Å². The molecule has 1 aliphatic rings. The van der Waals surface area contributed by atoms with Crippen LogP contribution in [0.3, 0.4) is 0 Å². The van der Waals surface area contributed by atoms with Gasteiger partial charge in [0.2, 0.25) is 0 Å². The Morgan fingerprint density at radius 1 is 0.917 bits per heavy atom. The third kappa shape index (κ3) is 2.48. The van der Waals surface area contributed by atoms with Crippen molar-refractivity contribution in [3.8, 4) is 0 Å². The molecule has 0 aromatic heterocycles. The van der Waals surface area contributed by atoms with Gasteiger partial charge in [0.05, 0.1) is 17.9 Å². The molecule has 0 saturated heterocycles. The van der Waals surface area contributed by atoms with E-state index in [0.717, 1.165) is 0 Å². The number of ketones is 2. The van der Waals surface area contributed by atoms with Crippen LogP contribution in [0.1, 0.15) is 38.8 Å². The van der Waals surface area contributed by atoms with Crippen molar-refractivity contribution in [2.24, 2.45) is 0 Å². The van der Waals surface area contributed by atoms with Crippen molar-refractivity contribution in [2.75, 3.05) is 11.9 Å². The number of carbonyl (C=O) groups excluding carboxylic acids is 4. The van der Waals surface area contributed by atoms with Gasteiger partial charge in [-0.1, -0.05) is 36.4 Å². The Hall–Kier alpha value is -3.28. The third-order valence-electron chi connectivity index (χ3n) is 3.66. The minimum atomic E-state index is -1.05. The summed E-state index contributed by atoms with van der Waals surface area (Å²) in [6.45, 7) is 1.64. The molecule has 2 aromatic carbocycles. The Morgan fingerprint density at radius 3 is 2.21 bits per heavy atom. The second-order valence-corrected chi connectivity index (χ2v) is 5.11. The van der Waals surface area contributed by atoms with E-state index in [1.54, 1.807) is 37.3 Å². The summed E-state index contributed by atoms with van der Waals surface area (Å²) in [6.07, 6.45) is 0. The summed E-state index contributed by atoms with van der Waals surface area (Å²) in [5.41, 5.74) is 0.981. The van der Waals surface area contributed by atoms with Gasteiger partial charge in [-0.3, -0.25) is 14.4 Å². The smallest absolute Gasteiger partial charge is 0.397 e. The Balaban J connectivity index is 2.04. The van der Waals surface area contributed by atoms with E-state index in [1.807, 2.05) is 0 Å². The number of rotatable bonds is 2. The quantitative estimate of drug-likeness (QED) is 0.575. The van der Waals surface area contributed by atoms with Crippen LogP contribution in [0.2, 0.25) is 0 Å². The SMILES string of the molecule is CCOC(=O)C(=O)Nc1cccc2c1C(=O)c1ccccc1C2=O. The largest absolute Gasteiger partial charge is 0.459 e. The standard InChI is InChI=1S/C18H13NO5/c1-2-24-18(23)17(22)19-13-9-5-8-12-14(13)16(21)11-7-4-3-6-10(11)15(12)20/h3-9H,2H2,1H3,(H,19,22). The monoisotopic (exact) mass is 323 g/mol. The van der Waals surface area contributed by atoms with Crippen molar-refractivity contribution >= 4 is 29.1 Å². The number of esters is 1. The van der Waals surface area contributed by atoms with Crippen molar-refractivity contribution < 1.29 is 23.9 Å². The first kappa shape index (κ1) is 15.6. The predicted molar refractivity (Wildman–Crippen MR) is 85.0 cm³/mol. The van der Waals surface area contributed by atoms with Crippen molar-refractivity contribution in [1.82, 2.24) is 0 Å². The average Bonchev–Trinajstić information content (AvgIpc) is 2.59. The van der Waals surface area contributed by atoms with E-state index in [4.69, 9.17) is 0 Å². The highest BCUT2D eigenvalue weighted by Crippen LogP contribution is 2.31. The Morgan fingerprint density at radius 2 is 1.54 bits per heavy atom. The van der Waals surface area contributed by atoms with Crippen molar-refractivity contribution in [1.29, 1.82) is 0 Å². The van der Waals surface area contributed by atoms with Gasteiger partial charge in [-0.05, 0) is 13.0 Å². The van der Waals surface area contributed by atoms with Crippen LogP contribution in [0.15, 0.2) is 42.5 Å². The van der Waals surface area contributed by atoms with E-state index in [-0.39, 0.29) is 40.6 Å². The lowest BCUT2D eigenvalue weighted by Crippen LogP contribution is -2.28. The van der Waals surface area contributed by atoms with Crippen LogP contribution in [0, 0.1) is 0 Å². The molecule has 0 unspecified atom stereocenters. The van der Waals surface area contributed by atoms with E-state index in [1.165, 1.54) is 12.1 Å². The molecule has 24 heavy (non-hydrogen) atoms. The summed E-state index contributed by atoms with van der Waals surface area (Å²) < 4.78 is 4.62. The molecule has 0 spiro atoms. The summed E-state index contributed by atoms with van der Waals surface area (Å²) in [4.78, 5) is 48.6. The summed E-state index contributed by atoms with van der Waals surface area (Å²) >= 11 is 0. The summed E-state index contributed by atoms with van der Waals surface area (Å²) in [5, 5.41) is 2.35. The highest BCUT2D eigenvalue weighted by atomic mass is 16.5. The molecule has 0 bridgehead atoms. The second-order valence-electron chi connectivity index (χ2n) is 5.11. The summed E-state index contributed by atoms with van der Waals surface area (Å²) in [5.74, 6) is -2.72. The average molecular weight is 323 g/mol. The molecule has 0 aliphatic heterocycles. The van der Waals surface area contributed by atoms with Gasteiger partial charge in [0.1, 0.15) is 0 Å². The van der Waals surface area contributed by atoms with Crippen LogP contribution in [-0.2, 0) is 14.3 Å². The third-order valence-corrected chi connectivity index (χ3v) is 3.66. The maximum absolute atomic E-state index is 12.7. The van der Waals surface area contributed by atoms with Crippen molar-refractivity contribution in [3.05, 3.63) is 64.7 Å². The Labute approximate surface area is 137 Å². The summed E-state index contributed by atoms with van der Waals surface area (Å²) in [7, 11) is 0. The predicted octanol–water partition coefficient (Wildman–Crippen LogP) is 1.96. The zero-order valence-electron chi connectivity index (χ0n) is 12.8. The number of carbonyl (C=O) groups is 4. The van der Waals surface area contributed by atoms with Crippen LogP contribution in [0.25, 0.3) is 0 Å². The first-order valence-corrected chi connectivity index (χ1v) is 7.34. The van der Waals surface area contributed by atoms with Crippen LogP contribution in [0.4, 0.5) is 5.69 Å². The highest BCUT2D eigenvalue weighted by molar-refractivity contribution is 6.38. The van der Waals surface area contributed by atoms with Crippen LogP contribution >= 0.6 is 0 Å². The molecule has 0 fully saturated rings. The van der Waals surface area contributed by atoms with Gasteiger partial charge in [0, 0.05) is 16.7 Å². The van der Waals surface area contributed by atoms with Gasteiger partial charge in [0.25, 0.3) is 0 Å². The van der Waals surface area contributed by atoms with Gasteiger partial charge >= 0.3 is 11.9 Å². The maximum Gasteiger partial charge on any atom is 0.397 e. The highest BCUT2D eigenvalue weighted by Gasteiger charge is 2.32. The number of benzene rings is 2. The number of nitrogens with one attached hydrogen (secondary N) is 1. The Bertz CT molecular complexity index is 885. The molecule has 0 atom stereocenters. The molecule has 6 heteroatoms. The summed E-state index contributed by atoms with van der Waals surface area (Å²) in [6, 6.07) is 11.0. The van der Waals surface area contributed by atoms with Gasteiger partial charge < -0.3 is 10.1 Å². The van der Waals surface area contributed by atoms with E-state index >= 15 is 0 Å². The minimum Gasteiger partial charge on any atom is -0.459 e. The molecular formula is C18H13NO5. The number of hydrogen-bond acceptors (Lipinski definition) is 5. The zero-order valence-corrected chi connectivity index (χ0v) is 12.8. The number of fused-ring (bicyclic) bond motifs is 2. The van der Waals surface area contributed by atoms with Crippen molar-refractivity contribution in [3.63, 3.8) is 0 Å². The van der Waals surface area contributed by atoms with Gasteiger partial charge in [-0.15, -0.1) is 0 Å². The zero-order chi connectivity index (χ0) is 17.3. The lowest BCUT2D eigenvalue weighted by Gasteiger charge is -2.20. The molecule has 1 aliphatic carbocycles. The fourth-order valence-corrected chi connectivity index (χ4v) is 2.62. The number of hydrogen-bond donors (Lipinski definition) is 1. The van der Waals surface area contributed by atoms with Crippen LogP contribution in [-0.4, -0.2) is 30.0 Å². The topological polar surface area (TPSA) is 89.5 Å². The van der Waals surface area contributed by atoms with Crippen LogP contribution < -0.4 is 5.32 Å². The van der Waals surface area contributed by atoms with Crippen molar-refractivity contribution in [2.45, 2.75) is 6.92 Å². The molecule has 0 saturated carbocycles. The van der Waals surface area contributed by atoms with E-state index in [2.05, 4.69) is 10.1 Å². The van der Waals surface area contributed by atoms with Gasteiger partial charge in [-0.25, -0.2) is 4.79 Å². The lowest BCUT2D eigenvalue weighted by atomic mass is 9.83. The second kappa shape index (κ2) is 6.08. The lowest BCUT2D eigenvalue weighted by molar-refractivity contribution is -0.152. The molecule has 0 radical (unpaired) electrons. The normalized spacial score (nSPS) is 12.2. The van der Waals surface area contributed by atoms with Crippen LogP contribution in [0.5, 0.6) is 0 Å². The van der Waals surface area contributed by atoms with Gasteiger partial charge in [-0.2, -0.15) is 0 Å². The molecule has 6 nitrogen and oxygen atoms in total.